The van der Waals surface area contributed by atoms with Crippen molar-refractivity contribution in [1.82, 2.24) is 4.98 Å². The van der Waals surface area contributed by atoms with Gasteiger partial charge in [0, 0.05) is 13.5 Å². The fourth-order valence-corrected chi connectivity index (χ4v) is 1.63. The Balaban J connectivity index is 2.42. The zero-order valence-electron chi connectivity index (χ0n) is 8.09. The molecule has 2 aromatic rings. The first kappa shape index (κ1) is 10.7. The summed E-state index contributed by atoms with van der Waals surface area (Å²) in [6, 6.07) is 3.48. The zero-order valence-corrected chi connectivity index (χ0v) is 9.60. The number of hydrogen-bond donors (Lipinski definition) is 0. The fourth-order valence-electron chi connectivity index (χ4n) is 1.28. The third-order valence-corrected chi connectivity index (χ3v) is 2.80. The van der Waals surface area contributed by atoms with Crippen molar-refractivity contribution in [1.29, 1.82) is 0 Å². The van der Waals surface area contributed by atoms with Crippen LogP contribution in [0.1, 0.15) is 5.89 Å². The molecule has 0 atom stereocenters. The van der Waals surface area contributed by atoms with Crippen LogP contribution in [0.5, 0.6) is 0 Å². The maximum atomic E-state index is 5.98. The van der Waals surface area contributed by atoms with E-state index < -0.39 is 0 Å². The van der Waals surface area contributed by atoms with E-state index in [-0.39, 0.29) is 0 Å². The predicted octanol–water partition coefficient (Wildman–Crippen LogP) is 3.32. The molecule has 1 aromatic heterocycles. The normalized spacial score (nSPS) is 11.1. The Hall–Kier alpha value is -0.770. The van der Waals surface area contributed by atoms with Crippen molar-refractivity contribution >= 4 is 34.3 Å². The van der Waals surface area contributed by atoms with Gasteiger partial charge >= 0.3 is 0 Å². The summed E-state index contributed by atoms with van der Waals surface area (Å²) < 4.78 is 10.4. The summed E-state index contributed by atoms with van der Waals surface area (Å²) in [5, 5.41) is 0.879. The van der Waals surface area contributed by atoms with Crippen LogP contribution in [0.2, 0.25) is 10.0 Å². The monoisotopic (exact) mass is 245 g/mol. The maximum absolute atomic E-state index is 5.98. The standard InChI is InChI=1S/C10H9Cl2NO2/c1-14-5-4-8-13-7-3-2-6(11)9(12)10(7)15-8/h2-3H,4-5H2,1H3. The zero-order chi connectivity index (χ0) is 10.8. The van der Waals surface area contributed by atoms with Gasteiger partial charge in [-0.05, 0) is 12.1 Å². The van der Waals surface area contributed by atoms with Gasteiger partial charge in [0.15, 0.2) is 11.5 Å². The molecule has 3 nitrogen and oxygen atoms in total. The molecule has 15 heavy (non-hydrogen) atoms. The van der Waals surface area contributed by atoms with E-state index in [0.717, 1.165) is 5.52 Å². The smallest absolute Gasteiger partial charge is 0.197 e. The Morgan fingerprint density at radius 1 is 1.40 bits per heavy atom. The number of methoxy groups -OCH3 is 1. The summed E-state index contributed by atoms with van der Waals surface area (Å²) in [5.74, 6) is 0.607. The van der Waals surface area contributed by atoms with Crippen molar-refractivity contribution in [2.75, 3.05) is 13.7 Å². The Morgan fingerprint density at radius 3 is 2.93 bits per heavy atom. The van der Waals surface area contributed by atoms with Gasteiger partial charge in [-0.15, -0.1) is 0 Å². The van der Waals surface area contributed by atoms with Gasteiger partial charge in [-0.1, -0.05) is 23.2 Å². The Labute approximate surface area is 96.9 Å². The van der Waals surface area contributed by atoms with Gasteiger partial charge in [0.05, 0.1) is 11.6 Å². The van der Waals surface area contributed by atoms with Crippen LogP contribution in [-0.2, 0) is 11.2 Å². The summed E-state index contributed by atoms with van der Waals surface area (Å²) in [7, 11) is 1.63. The summed E-state index contributed by atoms with van der Waals surface area (Å²) >= 11 is 11.8. The average Bonchev–Trinajstić information content (AvgIpc) is 2.64. The molecule has 0 saturated carbocycles. The van der Waals surface area contributed by atoms with Crippen molar-refractivity contribution in [3.63, 3.8) is 0 Å². The molecular weight excluding hydrogens is 237 g/mol. The van der Waals surface area contributed by atoms with Crippen molar-refractivity contribution in [3.8, 4) is 0 Å². The molecule has 0 N–H and O–H groups in total. The third-order valence-electron chi connectivity index (χ3n) is 2.01. The van der Waals surface area contributed by atoms with Crippen LogP contribution in [0.15, 0.2) is 16.5 Å². The number of hydrogen-bond acceptors (Lipinski definition) is 3. The Bertz CT molecular complexity index is 481. The van der Waals surface area contributed by atoms with Crippen molar-refractivity contribution in [2.45, 2.75) is 6.42 Å². The van der Waals surface area contributed by atoms with Gasteiger partial charge in [-0.25, -0.2) is 4.98 Å². The van der Waals surface area contributed by atoms with Crippen molar-refractivity contribution < 1.29 is 9.15 Å². The Morgan fingerprint density at radius 2 is 2.20 bits per heavy atom. The number of aromatic nitrogens is 1. The van der Waals surface area contributed by atoms with E-state index >= 15 is 0 Å². The molecule has 0 radical (unpaired) electrons. The van der Waals surface area contributed by atoms with E-state index in [1.807, 2.05) is 0 Å². The predicted molar refractivity (Wildman–Crippen MR) is 59.6 cm³/mol. The highest BCUT2D eigenvalue weighted by molar-refractivity contribution is 6.44. The average molecular weight is 246 g/mol. The quantitative estimate of drug-likeness (QED) is 0.833. The van der Waals surface area contributed by atoms with Crippen LogP contribution < -0.4 is 0 Å². The van der Waals surface area contributed by atoms with Crippen LogP contribution >= 0.6 is 23.2 Å². The van der Waals surface area contributed by atoms with Gasteiger partial charge in [-0.3, -0.25) is 0 Å². The van der Waals surface area contributed by atoms with Crippen LogP contribution in [-0.4, -0.2) is 18.7 Å². The highest BCUT2D eigenvalue weighted by Crippen LogP contribution is 2.31. The van der Waals surface area contributed by atoms with Crippen molar-refractivity contribution in [2.24, 2.45) is 0 Å². The van der Waals surface area contributed by atoms with Gasteiger partial charge in [0.25, 0.3) is 0 Å². The number of ether oxygens (including phenoxy) is 1. The molecule has 1 aromatic carbocycles. The van der Waals surface area contributed by atoms with Crippen LogP contribution in [0.3, 0.4) is 0 Å². The van der Waals surface area contributed by atoms with Crippen LogP contribution in [0.4, 0.5) is 0 Å². The molecule has 5 heteroatoms. The lowest BCUT2D eigenvalue weighted by molar-refractivity contribution is 0.196. The van der Waals surface area contributed by atoms with Gasteiger partial charge < -0.3 is 9.15 Å². The van der Waals surface area contributed by atoms with E-state index in [0.29, 0.717) is 34.5 Å². The number of nitrogens with zero attached hydrogens (tertiary/aromatic N) is 1. The van der Waals surface area contributed by atoms with E-state index in [2.05, 4.69) is 4.98 Å². The minimum absolute atomic E-state index is 0.408. The number of oxazole rings is 1. The molecule has 0 aliphatic rings. The number of benzene rings is 1. The molecule has 1 heterocycles. The van der Waals surface area contributed by atoms with Gasteiger partial charge in [0.1, 0.15) is 10.5 Å². The van der Waals surface area contributed by atoms with Crippen LogP contribution in [0, 0.1) is 0 Å². The second kappa shape index (κ2) is 4.39. The molecule has 0 unspecified atom stereocenters. The molecule has 2 rings (SSSR count). The highest BCUT2D eigenvalue weighted by Gasteiger charge is 2.11. The molecule has 0 aliphatic heterocycles. The minimum Gasteiger partial charge on any atom is -0.439 e. The maximum Gasteiger partial charge on any atom is 0.197 e. The third kappa shape index (κ3) is 2.09. The topological polar surface area (TPSA) is 35.3 Å². The largest absolute Gasteiger partial charge is 0.439 e. The molecule has 80 valence electrons. The van der Waals surface area contributed by atoms with E-state index in [1.165, 1.54) is 0 Å². The van der Waals surface area contributed by atoms with Gasteiger partial charge in [0.2, 0.25) is 0 Å². The second-order valence-electron chi connectivity index (χ2n) is 3.06. The van der Waals surface area contributed by atoms with E-state index in [9.17, 15) is 0 Å². The van der Waals surface area contributed by atoms with Gasteiger partial charge in [-0.2, -0.15) is 0 Å². The summed E-state index contributed by atoms with van der Waals surface area (Å²) in [6.45, 7) is 0.568. The first-order valence-corrected chi connectivity index (χ1v) is 5.20. The lowest BCUT2D eigenvalue weighted by Crippen LogP contribution is -1.93. The molecular formula is C10H9Cl2NO2. The molecule has 0 aliphatic carbocycles. The second-order valence-corrected chi connectivity index (χ2v) is 3.85. The van der Waals surface area contributed by atoms with Crippen LogP contribution in [0.25, 0.3) is 11.1 Å². The fraction of sp³-hybridized carbons (Fsp3) is 0.300. The first-order valence-electron chi connectivity index (χ1n) is 4.44. The summed E-state index contributed by atoms with van der Waals surface area (Å²) in [6.07, 6.45) is 0.624. The number of fused-ring (bicyclic) bond motifs is 1. The molecule has 0 fully saturated rings. The highest BCUT2D eigenvalue weighted by atomic mass is 35.5. The molecule has 0 spiro atoms. The number of halogens is 2. The summed E-state index contributed by atoms with van der Waals surface area (Å²) in [5.41, 5.74) is 1.26. The molecule has 0 saturated heterocycles. The SMILES string of the molecule is COCCc1nc2ccc(Cl)c(Cl)c2o1. The van der Waals surface area contributed by atoms with Crippen molar-refractivity contribution in [3.05, 3.63) is 28.1 Å². The Kier molecular flexibility index (Phi) is 3.14. The first-order chi connectivity index (χ1) is 7.22. The molecule has 0 amide bonds. The minimum atomic E-state index is 0.408. The lowest BCUT2D eigenvalue weighted by atomic mass is 10.3. The number of rotatable bonds is 3. The van der Waals surface area contributed by atoms with E-state index in [4.69, 9.17) is 32.4 Å². The summed E-state index contributed by atoms with van der Waals surface area (Å²) in [4.78, 5) is 4.26. The lowest BCUT2D eigenvalue weighted by Gasteiger charge is -1.93. The van der Waals surface area contributed by atoms with E-state index in [1.54, 1.807) is 19.2 Å². The molecule has 0 bridgehead atoms.